The Balaban J connectivity index is 3.35. The van der Waals surface area contributed by atoms with Gasteiger partial charge in [0.2, 0.25) is 0 Å². The van der Waals surface area contributed by atoms with E-state index in [4.69, 9.17) is 11.6 Å². The first-order chi connectivity index (χ1) is 9.42. The largest absolute Gasteiger partial charge is 0.478 e. The Bertz CT molecular complexity index is 456. The average molecular weight is 298 g/mol. The van der Waals surface area contributed by atoms with Gasteiger partial charge < -0.3 is 10.0 Å². The van der Waals surface area contributed by atoms with Crippen LogP contribution in [0, 0.1) is 5.92 Å². The number of halogens is 1. The van der Waals surface area contributed by atoms with E-state index in [9.17, 15) is 9.90 Å². The zero-order valence-electron chi connectivity index (χ0n) is 12.7. The highest BCUT2D eigenvalue weighted by Gasteiger charge is 2.24. The summed E-state index contributed by atoms with van der Waals surface area (Å²) in [6, 6.07) is 5.38. The van der Waals surface area contributed by atoms with E-state index in [1.807, 2.05) is 0 Å². The van der Waals surface area contributed by atoms with Gasteiger partial charge in [-0.1, -0.05) is 45.4 Å². The Morgan fingerprint density at radius 3 is 2.35 bits per heavy atom. The van der Waals surface area contributed by atoms with Gasteiger partial charge in [0.05, 0.1) is 16.3 Å². The van der Waals surface area contributed by atoms with Crippen molar-refractivity contribution in [2.75, 3.05) is 11.4 Å². The first-order valence-electron chi connectivity index (χ1n) is 7.20. The van der Waals surface area contributed by atoms with E-state index in [2.05, 4.69) is 32.6 Å². The second-order valence-electron chi connectivity index (χ2n) is 5.46. The molecule has 4 heteroatoms. The molecule has 0 radical (unpaired) electrons. The van der Waals surface area contributed by atoms with Gasteiger partial charge in [-0.3, -0.25) is 0 Å². The molecule has 0 fully saturated rings. The maximum atomic E-state index is 11.5. The van der Waals surface area contributed by atoms with Crippen LogP contribution in [-0.2, 0) is 0 Å². The summed E-state index contributed by atoms with van der Waals surface area (Å²) in [5.41, 5.74) is 0.939. The van der Waals surface area contributed by atoms with Crippen LogP contribution in [0.25, 0.3) is 0 Å². The zero-order chi connectivity index (χ0) is 15.3. The SMILES string of the molecule is CCC(CC)N(CC(C)C)c1c(Cl)cccc1C(=O)O. The summed E-state index contributed by atoms with van der Waals surface area (Å²) in [6.45, 7) is 9.31. The fourth-order valence-corrected chi connectivity index (χ4v) is 2.81. The zero-order valence-corrected chi connectivity index (χ0v) is 13.4. The van der Waals surface area contributed by atoms with Crippen molar-refractivity contribution in [2.45, 2.75) is 46.6 Å². The molecule has 112 valence electrons. The summed E-state index contributed by atoms with van der Waals surface area (Å²) in [4.78, 5) is 13.6. The van der Waals surface area contributed by atoms with Gasteiger partial charge in [-0.2, -0.15) is 0 Å². The van der Waals surface area contributed by atoms with Crippen molar-refractivity contribution in [1.29, 1.82) is 0 Å². The Morgan fingerprint density at radius 1 is 1.30 bits per heavy atom. The first-order valence-corrected chi connectivity index (χ1v) is 7.58. The molecular formula is C16H24ClNO2. The van der Waals surface area contributed by atoms with Gasteiger partial charge in [0, 0.05) is 12.6 Å². The van der Waals surface area contributed by atoms with Gasteiger partial charge in [0.15, 0.2) is 0 Å². The molecule has 0 heterocycles. The van der Waals surface area contributed by atoms with Crippen LogP contribution in [0.3, 0.4) is 0 Å². The average Bonchev–Trinajstić information content (AvgIpc) is 2.38. The second-order valence-corrected chi connectivity index (χ2v) is 5.86. The smallest absolute Gasteiger partial charge is 0.337 e. The number of aromatic carboxylic acids is 1. The number of rotatable bonds is 7. The highest BCUT2D eigenvalue weighted by atomic mass is 35.5. The summed E-state index contributed by atoms with van der Waals surface area (Å²) < 4.78 is 0. The van der Waals surface area contributed by atoms with E-state index in [0.29, 0.717) is 22.7 Å². The molecule has 0 saturated heterocycles. The van der Waals surface area contributed by atoms with Crippen LogP contribution in [0.5, 0.6) is 0 Å². The molecule has 0 spiro atoms. The van der Waals surface area contributed by atoms with E-state index >= 15 is 0 Å². The lowest BCUT2D eigenvalue weighted by Crippen LogP contribution is -2.38. The summed E-state index contributed by atoms with van der Waals surface area (Å²) in [5, 5.41) is 9.93. The fraction of sp³-hybridized carbons (Fsp3) is 0.562. The minimum atomic E-state index is -0.929. The quantitative estimate of drug-likeness (QED) is 0.794. The van der Waals surface area contributed by atoms with Crippen molar-refractivity contribution in [3.63, 3.8) is 0 Å². The molecule has 1 N–H and O–H groups in total. The van der Waals surface area contributed by atoms with Crippen LogP contribution in [0.1, 0.15) is 50.9 Å². The van der Waals surface area contributed by atoms with E-state index < -0.39 is 5.97 Å². The second kappa shape index (κ2) is 7.53. The standard InChI is InChI=1S/C16H24ClNO2/c1-5-12(6-2)18(10-11(3)4)15-13(16(19)20)8-7-9-14(15)17/h7-9,11-12H,5-6,10H2,1-4H3,(H,19,20). The van der Waals surface area contributed by atoms with Gasteiger partial charge in [-0.25, -0.2) is 4.79 Å². The van der Waals surface area contributed by atoms with Crippen molar-refractivity contribution in [3.05, 3.63) is 28.8 Å². The van der Waals surface area contributed by atoms with Crippen LogP contribution < -0.4 is 4.90 Å². The van der Waals surface area contributed by atoms with E-state index in [0.717, 1.165) is 19.4 Å². The molecular weight excluding hydrogens is 274 g/mol. The van der Waals surface area contributed by atoms with Crippen LogP contribution in [-0.4, -0.2) is 23.7 Å². The minimum Gasteiger partial charge on any atom is -0.478 e. The molecule has 0 saturated carbocycles. The molecule has 3 nitrogen and oxygen atoms in total. The molecule has 1 rings (SSSR count). The highest BCUT2D eigenvalue weighted by Crippen LogP contribution is 2.33. The van der Waals surface area contributed by atoms with Crippen LogP contribution >= 0.6 is 11.6 Å². The normalized spacial score (nSPS) is 11.2. The third-order valence-corrected chi connectivity index (χ3v) is 3.75. The fourth-order valence-electron chi connectivity index (χ4n) is 2.53. The molecule has 0 unspecified atom stereocenters. The lowest BCUT2D eigenvalue weighted by Gasteiger charge is -2.35. The van der Waals surface area contributed by atoms with Gasteiger partial charge in [0.1, 0.15) is 0 Å². The number of carbonyl (C=O) groups is 1. The highest BCUT2D eigenvalue weighted by molar-refractivity contribution is 6.34. The molecule has 0 amide bonds. The third-order valence-electron chi connectivity index (χ3n) is 3.45. The van der Waals surface area contributed by atoms with Crippen LogP contribution in [0.2, 0.25) is 5.02 Å². The van der Waals surface area contributed by atoms with Gasteiger partial charge in [0.25, 0.3) is 0 Å². The topological polar surface area (TPSA) is 40.5 Å². The maximum Gasteiger partial charge on any atom is 0.337 e. The predicted octanol–water partition coefficient (Wildman–Crippen LogP) is 4.69. The van der Waals surface area contributed by atoms with Crippen molar-refractivity contribution < 1.29 is 9.90 Å². The number of hydrogen-bond donors (Lipinski definition) is 1. The summed E-state index contributed by atoms with van der Waals surface area (Å²) in [7, 11) is 0. The van der Waals surface area contributed by atoms with Crippen molar-refractivity contribution in [2.24, 2.45) is 5.92 Å². The van der Waals surface area contributed by atoms with Crippen LogP contribution in [0.4, 0.5) is 5.69 Å². The van der Waals surface area contributed by atoms with Gasteiger partial charge in [-0.05, 0) is 30.9 Å². The lowest BCUT2D eigenvalue weighted by molar-refractivity contribution is 0.0697. The molecule has 0 aliphatic rings. The molecule has 20 heavy (non-hydrogen) atoms. The van der Waals surface area contributed by atoms with Gasteiger partial charge in [-0.15, -0.1) is 0 Å². The number of anilines is 1. The van der Waals surface area contributed by atoms with Crippen molar-refractivity contribution in [3.8, 4) is 0 Å². The third kappa shape index (κ3) is 3.89. The number of hydrogen-bond acceptors (Lipinski definition) is 2. The van der Waals surface area contributed by atoms with Crippen molar-refractivity contribution >= 4 is 23.3 Å². The molecule has 0 aliphatic heterocycles. The number of benzene rings is 1. The molecule has 0 bridgehead atoms. The number of para-hydroxylation sites is 1. The van der Waals surface area contributed by atoms with E-state index in [1.54, 1.807) is 18.2 Å². The molecule has 0 atom stereocenters. The Hall–Kier alpha value is -1.22. The Kier molecular flexibility index (Phi) is 6.34. The molecule has 1 aromatic carbocycles. The van der Waals surface area contributed by atoms with E-state index in [1.165, 1.54) is 0 Å². The molecule has 0 aliphatic carbocycles. The summed E-state index contributed by atoms with van der Waals surface area (Å²) in [5.74, 6) is -0.490. The number of carboxylic acids is 1. The minimum absolute atomic E-state index is 0.282. The lowest BCUT2D eigenvalue weighted by atomic mass is 10.0. The number of nitrogens with zero attached hydrogens (tertiary/aromatic N) is 1. The predicted molar refractivity (Wildman–Crippen MR) is 85.0 cm³/mol. The number of carboxylic acid groups (broad SMARTS) is 1. The Morgan fingerprint density at radius 2 is 1.90 bits per heavy atom. The summed E-state index contributed by atoms with van der Waals surface area (Å²) >= 11 is 6.30. The molecule has 0 aromatic heterocycles. The van der Waals surface area contributed by atoms with Crippen molar-refractivity contribution in [1.82, 2.24) is 0 Å². The molecule has 1 aromatic rings. The first kappa shape index (κ1) is 16.8. The maximum absolute atomic E-state index is 11.5. The monoisotopic (exact) mass is 297 g/mol. The van der Waals surface area contributed by atoms with Crippen LogP contribution in [0.15, 0.2) is 18.2 Å². The van der Waals surface area contributed by atoms with Gasteiger partial charge >= 0.3 is 5.97 Å². The Labute approximate surface area is 126 Å². The summed E-state index contributed by atoms with van der Waals surface area (Å²) in [6.07, 6.45) is 1.93. The van der Waals surface area contributed by atoms with E-state index in [-0.39, 0.29) is 5.56 Å².